The van der Waals surface area contributed by atoms with Crippen molar-refractivity contribution in [1.29, 1.82) is 0 Å². The van der Waals surface area contributed by atoms with Crippen LogP contribution in [0.4, 0.5) is 26.3 Å². The monoisotopic (exact) mass is 592 g/mol. The molecule has 5 rings (SSSR count). The van der Waals surface area contributed by atoms with Crippen LogP contribution in [0.1, 0.15) is 37.3 Å². The molecule has 43 heavy (non-hydrogen) atoms. The van der Waals surface area contributed by atoms with Gasteiger partial charge >= 0.3 is 6.11 Å². The molecule has 0 atom stereocenters. The second kappa shape index (κ2) is 12.7. The lowest BCUT2D eigenvalue weighted by molar-refractivity contribution is -0.187. The summed E-state index contributed by atoms with van der Waals surface area (Å²) in [5, 5.41) is 0. The molecule has 0 unspecified atom stereocenters. The summed E-state index contributed by atoms with van der Waals surface area (Å²) in [6.07, 6.45) is 3.33. The van der Waals surface area contributed by atoms with Crippen LogP contribution in [-0.4, -0.2) is 9.97 Å². The molecule has 0 aliphatic heterocycles. The predicted molar refractivity (Wildman–Crippen MR) is 152 cm³/mol. The van der Waals surface area contributed by atoms with Crippen molar-refractivity contribution in [3.05, 3.63) is 126 Å². The molecule has 4 aromatic carbocycles. The van der Waals surface area contributed by atoms with E-state index < -0.39 is 34.9 Å². The first kappa shape index (κ1) is 29.8. The van der Waals surface area contributed by atoms with Gasteiger partial charge in [-0.15, -0.1) is 0 Å². The fourth-order valence-electron chi connectivity index (χ4n) is 4.61. The Morgan fingerprint density at radius 2 is 1.26 bits per heavy atom. The molecule has 0 saturated heterocycles. The standard InChI is InChI=1S/C34H26F6N2O/c1-2-3-4-5-21-19-41-33(42-20-21)25-9-14-28(31(37)18-25)34(39,40)43-26-11-6-22(7-12-26)23-8-13-27(30(36)16-23)24-10-15-29(35)32(38)17-24/h6-20H,2-5H2,1H3. The second-order valence-corrected chi connectivity index (χ2v) is 10.0. The summed E-state index contributed by atoms with van der Waals surface area (Å²) in [6.45, 7) is 2.11. The van der Waals surface area contributed by atoms with Crippen molar-refractivity contribution in [2.24, 2.45) is 0 Å². The molecule has 9 heteroatoms. The van der Waals surface area contributed by atoms with Crippen molar-refractivity contribution in [2.75, 3.05) is 0 Å². The quantitative estimate of drug-likeness (QED) is 0.120. The second-order valence-electron chi connectivity index (χ2n) is 10.0. The van der Waals surface area contributed by atoms with Gasteiger partial charge in [0.15, 0.2) is 17.5 Å². The highest BCUT2D eigenvalue weighted by atomic mass is 19.3. The number of rotatable bonds is 10. The number of benzene rings is 4. The van der Waals surface area contributed by atoms with Crippen LogP contribution in [0, 0.1) is 23.3 Å². The fraction of sp³-hybridized carbons (Fsp3) is 0.176. The van der Waals surface area contributed by atoms with Gasteiger partial charge in [-0.25, -0.2) is 27.5 Å². The van der Waals surface area contributed by atoms with E-state index in [1.54, 1.807) is 18.5 Å². The molecule has 1 aromatic heterocycles. The van der Waals surface area contributed by atoms with E-state index in [1.165, 1.54) is 48.5 Å². The lowest BCUT2D eigenvalue weighted by Gasteiger charge is -2.19. The smallest absolute Gasteiger partial charge is 0.429 e. The Morgan fingerprint density at radius 1 is 0.628 bits per heavy atom. The average Bonchev–Trinajstić information content (AvgIpc) is 2.99. The largest absolute Gasteiger partial charge is 0.429 e. The maximum Gasteiger partial charge on any atom is 0.429 e. The van der Waals surface area contributed by atoms with E-state index in [0.29, 0.717) is 11.1 Å². The Hall–Kier alpha value is -4.66. The van der Waals surface area contributed by atoms with Gasteiger partial charge in [0.05, 0.1) is 5.56 Å². The first-order valence-corrected chi connectivity index (χ1v) is 13.7. The number of alkyl halides is 2. The number of ether oxygens (including phenoxy) is 1. The number of aromatic nitrogens is 2. The predicted octanol–water partition coefficient (Wildman–Crippen LogP) is 9.89. The highest BCUT2D eigenvalue weighted by molar-refractivity contribution is 5.71. The maximum atomic E-state index is 15.0. The third-order valence-corrected chi connectivity index (χ3v) is 6.95. The van der Waals surface area contributed by atoms with Crippen LogP contribution in [0.2, 0.25) is 0 Å². The van der Waals surface area contributed by atoms with Gasteiger partial charge in [0.25, 0.3) is 0 Å². The number of halogens is 6. The minimum Gasteiger partial charge on any atom is -0.429 e. The first-order valence-electron chi connectivity index (χ1n) is 13.7. The average molecular weight is 593 g/mol. The topological polar surface area (TPSA) is 35.0 Å². The zero-order valence-corrected chi connectivity index (χ0v) is 23.1. The molecule has 0 spiro atoms. The molecule has 220 valence electrons. The molecule has 3 nitrogen and oxygen atoms in total. The Morgan fingerprint density at radius 3 is 1.91 bits per heavy atom. The Balaban J connectivity index is 1.28. The summed E-state index contributed by atoms with van der Waals surface area (Å²) in [7, 11) is 0. The normalized spacial score (nSPS) is 11.5. The number of unbranched alkanes of at least 4 members (excludes halogenated alkanes) is 2. The Bertz CT molecular complexity index is 1720. The van der Waals surface area contributed by atoms with Crippen LogP contribution in [0.3, 0.4) is 0 Å². The Labute approximate surface area is 244 Å². The first-order chi connectivity index (χ1) is 20.6. The minimum atomic E-state index is -3.99. The van der Waals surface area contributed by atoms with Crippen LogP contribution in [0.15, 0.2) is 91.3 Å². The summed E-state index contributed by atoms with van der Waals surface area (Å²) in [6, 6.07) is 15.8. The van der Waals surface area contributed by atoms with Crippen LogP contribution < -0.4 is 4.74 Å². The van der Waals surface area contributed by atoms with Gasteiger partial charge in [-0.05, 0) is 77.6 Å². The number of nitrogens with zero attached hydrogens (tertiary/aromatic N) is 2. The summed E-state index contributed by atoms with van der Waals surface area (Å²) in [5.74, 6) is -4.01. The lowest BCUT2D eigenvalue weighted by Crippen LogP contribution is -2.23. The van der Waals surface area contributed by atoms with E-state index in [0.717, 1.165) is 55.5 Å². The van der Waals surface area contributed by atoms with Crippen molar-refractivity contribution >= 4 is 0 Å². The van der Waals surface area contributed by atoms with E-state index in [1.807, 2.05) is 0 Å². The molecule has 0 fully saturated rings. The summed E-state index contributed by atoms with van der Waals surface area (Å²) in [5.41, 5.74) is 1.39. The van der Waals surface area contributed by atoms with Crippen LogP contribution in [0.25, 0.3) is 33.6 Å². The van der Waals surface area contributed by atoms with Gasteiger partial charge in [-0.3, -0.25) is 0 Å². The van der Waals surface area contributed by atoms with Crippen LogP contribution >= 0.6 is 0 Å². The van der Waals surface area contributed by atoms with E-state index in [-0.39, 0.29) is 28.3 Å². The highest BCUT2D eigenvalue weighted by Crippen LogP contribution is 2.36. The molecule has 0 saturated carbocycles. The third-order valence-electron chi connectivity index (χ3n) is 6.95. The SMILES string of the molecule is CCCCCc1cnc(-c2ccc(C(F)(F)Oc3ccc(-c4ccc(-c5ccc(F)c(F)c5)c(F)c4)cc3)c(F)c2)nc1. The molecular weight excluding hydrogens is 566 g/mol. The zero-order valence-electron chi connectivity index (χ0n) is 23.1. The number of hydrogen-bond donors (Lipinski definition) is 0. The van der Waals surface area contributed by atoms with Crippen molar-refractivity contribution < 1.29 is 31.1 Å². The molecule has 0 N–H and O–H groups in total. The molecule has 5 aromatic rings. The van der Waals surface area contributed by atoms with Gasteiger partial charge in [0.1, 0.15) is 17.4 Å². The van der Waals surface area contributed by atoms with Gasteiger partial charge < -0.3 is 4.74 Å². The zero-order chi connectivity index (χ0) is 30.6. The molecular formula is C34H26F6N2O. The van der Waals surface area contributed by atoms with Crippen molar-refractivity contribution in [3.63, 3.8) is 0 Å². The molecule has 0 aliphatic carbocycles. The molecule has 0 amide bonds. The molecule has 0 radical (unpaired) electrons. The van der Waals surface area contributed by atoms with Crippen molar-refractivity contribution in [2.45, 2.75) is 38.7 Å². The minimum absolute atomic E-state index is 0.0706. The van der Waals surface area contributed by atoms with E-state index >= 15 is 0 Å². The van der Waals surface area contributed by atoms with E-state index in [2.05, 4.69) is 16.9 Å². The third kappa shape index (κ3) is 6.88. The summed E-state index contributed by atoms with van der Waals surface area (Å²) >= 11 is 0. The van der Waals surface area contributed by atoms with Gasteiger partial charge in [-0.2, -0.15) is 8.78 Å². The van der Waals surface area contributed by atoms with Crippen molar-refractivity contribution in [3.8, 4) is 39.4 Å². The number of hydrogen-bond acceptors (Lipinski definition) is 3. The van der Waals surface area contributed by atoms with Gasteiger partial charge in [0.2, 0.25) is 0 Å². The Kier molecular flexibility index (Phi) is 8.80. The summed E-state index contributed by atoms with van der Waals surface area (Å²) < 4.78 is 91.3. The molecule has 0 bridgehead atoms. The van der Waals surface area contributed by atoms with Gasteiger partial charge in [0, 0.05) is 23.5 Å². The van der Waals surface area contributed by atoms with E-state index in [9.17, 15) is 26.3 Å². The molecule has 0 aliphatic rings. The number of aryl methyl sites for hydroxylation is 1. The van der Waals surface area contributed by atoms with Crippen molar-refractivity contribution in [1.82, 2.24) is 9.97 Å². The highest BCUT2D eigenvalue weighted by Gasteiger charge is 2.38. The summed E-state index contributed by atoms with van der Waals surface area (Å²) in [4.78, 5) is 8.49. The fourth-order valence-corrected chi connectivity index (χ4v) is 4.61. The lowest BCUT2D eigenvalue weighted by atomic mass is 9.99. The van der Waals surface area contributed by atoms with Crippen LogP contribution in [0.5, 0.6) is 5.75 Å². The maximum absolute atomic E-state index is 15.0. The molecule has 1 heterocycles. The van der Waals surface area contributed by atoms with E-state index in [4.69, 9.17) is 4.74 Å². The van der Waals surface area contributed by atoms with Gasteiger partial charge in [-0.1, -0.05) is 56.2 Å². The van der Waals surface area contributed by atoms with Crippen LogP contribution in [-0.2, 0) is 12.5 Å².